The van der Waals surface area contributed by atoms with Crippen LogP contribution in [-0.4, -0.2) is 12.6 Å². The molecule has 1 fully saturated rings. The molecule has 1 N–H and O–H groups in total. The Morgan fingerprint density at radius 2 is 2.00 bits per heavy atom. The number of nitrogens with one attached hydrogen (secondary N) is 1. The molecule has 1 nitrogen and oxygen atoms in total. The van der Waals surface area contributed by atoms with Crippen LogP contribution in [0.5, 0.6) is 0 Å². The van der Waals surface area contributed by atoms with E-state index in [0.717, 1.165) is 24.8 Å². The summed E-state index contributed by atoms with van der Waals surface area (Å²) < 4.78 is 12.8. The zero-order valence-electron chi connectivity index (χ0n) is 12.2. The average Bonchev–Trinajstić information content (AvgIpc) is 2.39. The molecule has 0 spiro atoms. The Bertz CT molecular complexity index is 373. The Balaban J connectivity index is 1.72. The lowest BCUT2D eigenvalue weighted by molar-refractivity contribution is 0.268. The summed E-state index contributed by atoms with van der Waals surface area (Å²) in [5, 5.41) is 3.64. The van der Waals surface area contributed by atoms with E-state index in [9.17, 15) is 4.39 Å². The van der Waals surface area contributed by atoms with Gasteiger partial charge >= 0.3 is 0 Å². The molecule has 0 amide bonds. The number of benzene rings is 1. The molecule has 1 aromatic carbocycles. The van der Waals surface area contributed by atoms with Crippen LogP contribution in [0.3, 0.4) is 0 Å². The van der Waals surface area contributed by atoms with Gasteiger partial charge in [-0.2, -0.15) is 0 Å². The third kappa shape index (κ3) is 4.94. The molecule has 1 aliphatic carbocycles. The predicted molar refractivity (Wildman–Crippen MR) is 78.7 cm³/mol. The molecule has 2 heteroatoms. The van der Waals surface area contributed by atoms with Crippen molar-refractivity contribution in [2.45, 2.75) is 52.0 Å². The van der Waals surface area contributed by atoms with E-state index in [1.54, 1.807) is 12.1 Å². The minimum atomic E-state index is -0.152. The van der Waals surface area contributed by atoms with Crippen molar-refractivity contribution >= 4 is 0 Å². The molecule has 1 saturated carbocycles. The summed E-state index contributed by atoms with van der Waals surface area (Å²) in [6.07, 6.45) is 6.51. The number of halogens is 1. The molecule has 3 atom stereocenters. The van der Waals surface area contributed by atoms with E-state index in [2.05, 4.69) is 19.2 Å². The smallest absolute Gasteiger partial charge is 0.123 e. The van der Waals surface area contributed by atoms with E-state index in [0.29, 0.717) is 6.04 Å². The van der Waals surface area contributed by atoms with Crippen molar-refractivity contribution in [1.82, 2.24) is 5.32 Å². The van der Waals surface area contributed by atoms with Crippen LogP contribution in [0.25, 0.3) is 0 Å². The Morgan fingerprint density at radius 1 is 1.26 bits per heavy atom. The molecular formula is C17H26FN. The van der Waals surface area contributed by atoms with Crippen molar-refractivity contribution in [1.29, 1.82) is 0 Å². The predicted octanol–water partition coefficient (Wildman–Crippen LogP) is 4.17. The van der Waals surface area contributed by atoms with Crippen LogP contribution in [-0.2, 0) is 6.42 Å². The molecule has 0 aromatic heterocycles. The third-order valence-corrected chi connectivity index (χ3v) is 4.26. The van der Waals surface area contributed by atoms with Gasteiger partial charge in [-0.1, -0.05) is 31.9 Å². The van der Waals surface area contributed by atoms with E-state index in [1.807, 2.05) is 12.1 Å². The monoisotopic (exact) mass is 263 g/mol. The van der Waals surface area contributed by atoms with Gasteiger partial charge in [0, 0.05) is 6.04 Å². The van der Waals surface area contributed by atoms with Gasteiger partial charge in [-0.25, -0.2) is 4.39 Å². The van der Waals surface area contributed by atoms with Gasteiger partial charge in [0.25, 0.3) is 0 Å². The highest BCUT2D eigenvalue weighted by atomic mass is 19.1. The van der Waals surface area contributed by atoms with Gasteiger partial charge in [0.05, 0.1) is 0 Å². The fourth-order valence-electron chi connectivity index (χ4n) is 3.16. The quantitative estimate of drug-likeness (QED) is 0.840. The number of hydrogen-bond donors (Lipinski definition) is 1. The second-order valence-electron chi connectivity index (χ2n) is 6.28. The van der Waals surface area contributed by atoms with E-state index in [4.69, 9.17) is 0 Å². The molecule has 0 heterocycles. The fourth-order valence-corrected chi connectivity index (χ4v) is 3.16. The molecule has 0 bridgehead atoms. The van der Waals surface area contributed by atoms with Crippen LogP contribution in [0.4, 0.5) is 4.39 Å². The van der Waals surface area contributed by atoms with Crippen LogP contribution in [0.15, 0.2) is 24.3 Å². The third-order valence-electron chi connectivity index (χ3n) is 4.26. The maximum absolute atomic E-state index is 12.8. The Kier molecular flexibility index (Phi) is 5.38. The largest absolute Gasteiger partial charge is 0.314 e. The zero-order valence-corrected chi connectivity index (χ0v) is 12.2. The summed E-state index contributed by atoms with van der Waals surface area (Å²) >= 11 is 0. The molecular weight excluding hydrogens is 237 g/mol. The number of rotatable bonds is 5. The standard InChI is InChI=1S/C17H26FN/c1-13-4-3-5-16(10-13)12-19-14(2)11-15-6-8-17(18)9-7-15/h6-9,13-14,16,19H,3-5,10-12H2,1-2H3. The van der Waals surface area contributed by atoms with Crippen molar-refractivity contribution in [3.05, 3.63) is 35.6 Å². The van der Waals surface area contributed by atoms with Crippen molar-refractivity contribution < 1.29 is 4.39 Å². The Hall–Kier alpha value is -0.890. The summed E-state index contributed by atoms with van der Waals surface area (Å²) in [5.41, 5.74) is 1.21. The minimum Gasteiger partial charge on any atom is -0.314 e. The SMILES string of the molecule is CC1CCCC(CNC(C)Cc2ccc(F)cc2)C1. The summed E-state index contributed by atoms with van der Waals surface area (Å²) in [4.78, 5) is 0. The normalized spacial score (nSPS) is 25.2. The van der Waals surface area contributed by atoms with E-state index < -0.39 is 0 Å². The minimum absolute atomic E-state index is 0.152. The van der Waals surface area contributed by atoms with Crippen LogP contribution < -0.4 is 5.32 Å². The molecule has 1 aliphatic rings. The van der Waals surface area contributed by atoms with E-state index in [-0.39, 0.29) is 5.82 Å². The first-order valence-corrected chi connectivity index (χ1v) is 7.61. The first kappa shape index (κ1) is 14.5. The van der Waals surface area contributed by atoms with Gasteiger partial charge in [-0.15, -0.1) is 0 Å². The molecule has 0 aliphatic heterocycles. The first-order valence-electron chi connectivity index (χ1n) is 7.61. The average molecular weight is 263 g/mol. The van der Waals surface area contributed by atoms with E-state index >= 15 is 0 Å². The van der Waals surface area contributed by atoms with Gasteiger partial charge in [0.15, 0.2) is 0 Å². The molecule has 1 aromatic rings. The highest BCUT2D eigenvalue weighted by Crippen LogP contribution is 2.28. The second kappa shape index (κ2) is 7.04. The van der Waals surface area contributed by atoms with Gasteiger partial charge < -0.3 is 5.32 Å². The lowest BCUT2D eigenvalue weighted by atomic mass is 9.82. The van der Waals surface area contributed by atoms with Crippen LogP contribution in [0, 0.1) is 17.7 Å². The van der Waals surface area contributed by atoms with Crippen LogP contribution in [0.1, 0.15) is 45.1 Å². The lowest BCUT2D eigenvalue weighted by Gasteiger charge is -2.28. The van der Waals surface area contributed by atoms with Crippen LogP contribution >= 0.6 is 0 Å². The maximum Gasteiger partial charge on any atom is 0.123 e. The van der Waals surface area contributed by atoms with Crippen molar-refractivity contribution in [3.63, 3.8) is 0 Å². The van der Waals surface area contributed by atoms with Crippen molar-refractivity contribution in [3.8, 4) is 0 Å². The highest BCUT2D eigenvalue weighted by molar-refractivity contribution is 5.16. The first-order chi connectivity index (χ1) is 9.13. The van der Waals surface area contributed by atoms with Gasteiger partial charge in [0.2, 0.25) is 0 Å². The molecule has 0 saturated heterocycles. The maximum atomic E-state index is 12.8. The summed E-state index contributed by atoms with van der Waals surface area (Å²) in [7, 11) is 0. The van der Waals surface area contributed by atoms with Crippen LogP contribution in [0.2, 0.25) is 0 Å². The molecule has 3 unspecified atom stereocenters. The van der Waals surface area contributed by atoms with Crippen molar-refractivity contribution in [2.24, 2.45) is 11.8 Å². The molecule has 0 radical (unpaired) electrons. The van der Waals surface area contributed by atoms with E-state index in [1.165, 1.54) is 31.2 Å². The molecule has 106 valence electrons. The Morgan fingerprint density at radius 3 is 2.68 bits per heavy atom. The lowest BCUT2D eigenvalue weighted by Crippen LogP contribution is -2.34. The Labute approximate surface area is 116 Å². The summed E-state index contributed by atoms with van der Waals surface area (Å²) in [6, 6.07) is 7.32. The highest BCUT2D eigenvalue weighted by Gasteiger charge is 2.19. The summed E-state index contributed by atoms with van der Waals surface area (Å²) in [5.74, 6) is 1.59. The van der Waals surface area contributed by atoms with Gasteiger partial charge in [-0.05, 0) is 62.3 Å². The summed E-state index contributed by atoms with van der Waals surface area (Å²) in [6.45, 7) is 5.72. The zero-order chi connectivity index (χ0) is 13.7. The number of hydrogen-bond acceptors (Lipinski definition) is 1. The molecule has 19 heavy (non-hydrogen) atoms. The second-order valence-corrected chi connectivity index (χ2v) is 6.28. The van der Waals surface area contributed by atoms with Crippen molar-refractivity contribution in [2.75, 3.05) is 6.54 Å². The van der Waals surface area contributed by atoms with Gasteiger partial charge in [0.1, 0.15) is 5.82 Å². The van der Waals surface area contributed by atoms with Gasteiger partial charge in [-0.3, -0.25) is 0 Å². The topological polar surface area (TPSA) is 12.0 Å². The fraction of sp³-hybridized carbons (Fsp3) is 0.647. The molecule has 2 rings (SSSR count).